The SMILES string of the molecule is CCN(c1ncc(CNC)cn1)C(C)C. The molecule has 1 rings (SSSR count). The number of nitrogens with one attached hydrogen (secondary N) is 1. The molecular formula is C11H20N4. The second kappa shape index (κ2) is 5.66. The lowest BCUT2D eigenvalue weighted by atomic mass is 10.3. The molecule has 0 radical (unpaired) electrons. The van der Waals surface area contributed by atoms with E-state index in [2.05, 4.69) is 41.0 Å². The van der Waals surface area contributed by atoms with Crippen LogP contribution in [-0.2, 0) is 6.54 Å². The molecule has 0 amide bonds. The molecule has 0 spiro atoms. The van der Waals surface area contributed by atoms with E-state index in [1.807, 2.05) is 19.4 Å². The van der Waals surface area contributed by atoms with Crippen LogP contribution in [0.25, 0.3) is 0 Å². The Morgan fingerprint density at radius 2 is 1.93 bits per heavy atom. The van der Waals surface area contributed by atoms with Gasteiger partial charge < -0.3 is 10.2 Å². The van der Waals surface area contributed by atoms with Crippen LogP contribution in [0.4, 0.5) is 5.95 Å². The van der Waals surface area contributed by atoms with Crippen molar-refractivity contribution in [3.63, 3.8) is 0 Å². The minimum absolute atomic E-state index is 0.435. The molecule has 0 atom stereocenters. The Balaban J connectivity index is 2.77. The van der Waals surface area contributed by atoms with Gasteiger partial charge in [-0.1, -0.05) is 0 Å². The molecule has 4 nitrogen and oxygen atoms in total. The first kappa shape index (κ1) is 11.9. The molecule has 1 N–H and O–H groups in total. The van der Waals surface area contributed by atoms with Gasteiger partial charge in [-0.05, 0) is 27.8 Å². The van der Waals surface area contributed by atoms with Gasteiger partial charge in [0.05, 0.1) is 0 Å². The van der Waals surface area contributed by atoms with Crippen LogP contribution in [0.15, 0.2) is 12.4 Å². The maximum atomic E-state index is 4.36. The molecule has 0 fully saturated rings. The van der Waals surface area contributed by atoms with E-state index in [1.54, 1.807) is 0 Å². The van der Waals surface area contributed by atoms with Gasteiger partial charge in [-0.25, -0.2) is 9.97 Å². The first-order valence-corrected chi connectivity index (χ1v) is 5.41. The predicted octanol–water partition coefficient (Wildman–Crippen LogP) is 1.43. The summed E-state index contributed by atoms with van der Waals surface area (Å²) in [5, 5.41) is 3.08. The molecule has 0 aliphatic heterocycles. The molecule has 0 aliphatic carbocycles. The van der Waals surface area contributed by atoms with Crippen LogP contribution in [0.3, 0.4) is 0 Å². The zero-order valence-electron chi connectivity index (χ0n) is 9.99. The molecule has 4 heteroatoms. The molecule has 0 bridgehead atoms. The quantitative estimate of drug-likeness (QED) is 0.794. The predicted molar refractivity (Wildman–Crippen MR) is 63.0 cm³/mol. The average molecular weight is 208 g/mol. The number of rotatable bonds is 5. The first-order valence-electron chi connectivity index (χ1n) is 5.41. The van der Waals surface area contributed by atoms with Crippen LogP contribution in [0.2, 0.25) is 0 Å². The van der Waals surface area contributed by atoms with Crippen molar-refractivity contribution in [1.82, 2.24) is 15.3 Å². The zero-order valence-corrected chi connectivity index (χ0v) is 9.99. The van der Waals surface area contributed by atoms with Crippen molar-refractivity contribution in [3.8, 4) is 0 Å². The highest BCUT2D eigenvalue weighted by Gasteiger charge is 2.10. The zero-order chi connectivity index (χ0) is 11.3. The summed E-state index contributed by atoms with van der Waals surface area (Å²) in [5.74, 6) is 0.812. The van der Waals surface area contributed by atoms with Crippen molar-refractivity contribution >= 4 is 5.95 Å². The maximum absolute atomic E-state index is 4.36. The number of aromatic nitrogens is 2. The third-order valence-electron chi connectivity index (χ3n) is 2.29. The average Bonchev–Trinajstić information content (AvgIpc) is 2.21. The number of nitrogens with zero attached hydrogens (tertiary/aromatic N) is 3. The second-order valence-electron chi connectivity index (χ2n) is 3.80. The molecule has 0 aromatic carbocycles. The van der Waals surface area contributed by atoms with Crippen LogP contribution < -0.4 is 10.2 Å². The number of hydrogen-bond donors (Lipinski definition) is 1. The molecule has 0 unspecified atom stereocenters. The highest BCUT2D eigenvalue weighted by molar-refractivity contribution is 5.30. The highest BCUT2D eigenvalue weighted by Crippen LogP contribution is 2.10. The van der Waals surface area contributed by atoms with Gasteiger partial charge in [0.15, 0.2) is 0 Å². The monoisotopic (exact) mass is 208 g/mol. The first-order chi connectivity index (χ1) is 7.19. The summed E-state index contributed by atoms with van der Waals surface area (Å²) in [7, 11) is 1.92. The van der Waals surface area contributed by atoms with Gasteiger partial charge in [0, 0.05) is 37.1 Å². The Kier molecular flexibility index (Phi) is 4.49. The smallest absolute Gasteiger partial charge is 0.225 e. The third kappa shape index (κ3) is 3.16. The summed E-state index contributed by atoms with van der Waals surface area (Å²) < 4.78 is 0. The molecule has 15 heavy (non-hydrogen) atoms. The van der Waals surface area contributed by atoms with Gasteiger partial charge >= 0.3 is 0 Å². The van der Waals surface area contributed by atoms with E-state index in [-0.39, 0.29) is 0 Å². The van der Waals surface area contributed by atoms with E-state index in [9.17, 15) is 0 Å². The molecule has 1 heterocycles. The fraction of sp³-hybridized carbons (Fsp3) is 0.636. The van der Waals surface area contributed by atoms with Crippen LogP contribution in [0.5, 0.6) is 0 Å². The normalized spacial score (nSPS) is 10.7. The Morgan fingerprint density at radius 3 is 2.33 bits per heavy atom. The fourth-order valence-electron chi connectivity index (χ4n) is 1.53. The topological polar surface area (TPSA) is 41.1 Å². The van der Waals surface area contributed by atoms with E-state index in [0.29, 0.717) is 6.04 Å². The van der Waals surface area contributed by atoms with Crippen molar-refractivity contribution in [3.05, 3.63) is 18.0 Å². The van der Waals surface area contributed by atoms with E-state index in [4.69, 9.17) is 0 Å². The lowest BCUT2D eigenvalue weighted by Gasteiger charge is -2.24. The standard InChI is InChI=1S/C11H20N4/c1-5-15(9(2)3)11-13-7-10(6-12-4)8-14-11/h7-9,12H,5-6H2,1-4H3. The van der Waals surface area contributed by atoms with Crippen LogP contribution in [-0.4, -0.2) is 29.6 Å². The van der Waals surface area contributed by atoms with Gasteiger partial charge in [0.1, 0.15) is 0 Å². The van der Waals surface area contributed by atoms with Gasteiger partial charge in [-0.2, -0.15) is 0 Å². The lowest BCUT2D eigenvalue weighted by molar-refractivity contribution is 0.678. The van der Waals surface area contributed by atoms with Crippen molar-refractivity contribution < 1.29 is 0 Å². The summed E-state index contributed by atoms with van der Waals surface area (Å²) in [5.41, 5.74) is 1.11. The Morgan fingerprint density at radius 1 is 1.33 bits per heavy atom. The number of hydrogen-bond acceptors (Lipinski definition) is 4. The summed E-state index contributed by atoms with van der Waals surface area (Å²) in [4.78, 5) is 10.9. The second-order valence-corrected chi connectivity index (χ2v) is 3.80. The van der Waals surface area contributed by atoms with Crippen LogP contribution in [0.1, 0.15) is 26.3 Å². The Hall–Kier alpha value is -1.16. The highest BCUT2D eigenvalue weighted by atomic mass is 15.3. The molecule has 1 aromatic rings. The van der Waals surface area contributed by atoms with E-state index >= 15 is 0 Å². The number of anilines is 1. The Bertz CT molecular complexity index is 281. The van der Waals surface area contributed by atoms with Crippen molar-refractivity contribution in [2.45, 2.75) is 33.4 Å². The van der Waals surface area contributed by atoms with Crippen molar-refractivity contribution in [2.75, 3.05) is 18.5 Å². The lowest BCUT2D eigenvalue weighted by Crippen LogP contribution is -2.32. The van der Waals surface area contributed by atoms with Crippen molar-refractivity contribution in [2.24, 2.45) is 0 Å². The van der Waals surface area contributed by atoms with E-state index < -0.39 is 0 Å². The molecular weight excluding hydrogens is 188 g/mol. The fourth-order valence-corrected chi connectivity index (χ4v) is 1.53. The van der Waals surface area contributed by atoms with Gasteiger partial charge in [0.25, 0.3) is 0 Å². The largest absolute Gasteiger partial charge is 0.339 e. The van der Waals surface area contributed by atoms with Crippen LogP contribution in [0, 0.1) is 0 Å². The minimum Gasteiger partial charge on any atom is -0.339 e. The van der Waals surface area contributed by atoms with Gasteiger partial charge in [-0.15, -0.1) is 0 Å². The minimum atomic E-state index is 0.435. The maximum Gasteiger partial charge on any atom is 0.225 e. The summed E-state index contributed by atoms with van der Waals surface area (Å²) in [6, 6.07) is 0.435. The van der Waals surface area contributed by atoms with E-state index in [0.717, 1.165) is 24.6 Å². The molecule has 0 saturated heterocycles. The Labute approximate surface area is 91.7 Å². The molecule has 1 aromatic heterocycles. The molecule has 0 aliphatic rings. The molecule has 0 saturated carbocycles. The third-order valence-corrected chi connectivity index (χ3v) is 2.29. The van der Waals surface area contributed by atoms with Crippen LogP contribution >= 0.6 is 0 Å². The summed E-state index contributed by atoms with van der Waals surface area (Å²) in [6.45, 7) is 8.16. The van der Waals surface area contributed by atoms with Gasteiger partial charge in [0.2, 0.25) is 5.95 Å². The summed E-state index contributed by atoms with van der Waals surface area (Å²) >= 11 is 0. The van der Waals surface area contributed by atoms with Crippen molar-refractivity contribution in [1.29, 1.82) is 0 Å². The van der Waals surface area contributed by atoms with E-state index in [1.165, 1.54) is 0 Å². The molecule has 84 valence electrons. The van der Waals surface area contributed by atoms with Gasteiger partial charge in [-0.3, -0.25) is 0 Å². The summed E-state index contributed by atoms with van der Waals surface area (Å²) in [6.07, 6.45) is 3.76.